The second kappa shape index (κ2) is 9.21. The first-order valence-corrected chi connectivity index (χ1v) is 10.1. The van der Waals surface area contributed by atoms with Crippen molar-refractivity contribution in [3.05, 3.63) is 23.9 Å². The van der Waals surface area contributed by atoms with Gasteiger partial charge in [-0.1, -0.05) is 19.9 Å². The van der Waals surface area contributed by atoms with Crippen molar-refractivity contribution in [3.8, 4) is 0 Å². The molecule has 0 radical (unpaired) electrons. The number of likely N-dealkylation sites (tertiary alicyclic amines) is 1. The highest BCUT2D eigenvalue weighted by Crippen LogP contribution is 2.17. The zero-order chi connectivity index (χ0) is 18.4. The number of hydrogen-bond donors (Lipinski definition) is 1. The zero-order valence-electron chi connectivity index (χ0n) is 16.3. The van der Waals surface area contributed by atoms with Gasteiger partial charge in [0.15, 0.2) is 0 Å². The molecule has 26 heavy (non-hydrogen) atoms. The van der Waals surface area contributed by atoms with E-state index in [1.165, 1.54) is 6.42 Å². The van der Waals surface area contributed by atoms with Gasteiger partial charge in [0.05, 0.1) is 0 Å². The fraction of sp³-hybridized carbons (Fsp3) is 0.700. The van der Waals surface area contributed by atoms with Crippen molar-refractivity contribution >= 4 is 11.8 Å². The monoisotopic (exact) mass is 359 g/mol. The third kappa shape index (κ3) is 5.10. The predicted octanol–water partition coefficient (Wildman–Crippen LogP) is 2.56. The van der Waals surface area contributed by atoms with E-state index < -0.39 is 0 Å². The molecule has 2 aliphatic rings. The van der Waals surface area contributed by atoms with Crippen molar-refractivity contribution in [1.82, 2.24) is 20.1 Å². The van der Waals surface area contributed by atoms with Crippen LogP contribution in [0.5, 0.6) is 0 Å². The Hall–Kier alpha value is -1.82. The molecule has 0 aliphatic carbocycles. The van der Waals surface area contributed by atoms with Crippen molar-refractivity contribution < 1.29 is 4.79 Å². The van der Waals surface area contributed by atoms with Crippen molar-refractivity contribution in [3.63, 3.8) is 0 Å². The first-order valence-electron chi connectivity index (χ1n) is 10.1. The standard InChI is InChI=1S/C20H33N5O/c1-3-23-11-13-24(14-12-23)19-7-6-18(15-21-19)16-22-20(26)25-9-4-5-17(2)8-10-25/h6-7,15,17H,3-5,8-14,16H2,1-2H3,(H,22,26). The molecule has 1 aromatic rings. The largest absolute Gasteiger partial charge is 0.354 e. The van der Waals surface area contributed by atoms with E-state index in [0.29, 0.717) is 6.54 Å². The molecular formula is C20H33N5O. The number of pyridine rings is 1. The van der Waals surface area contributed by atoms with Gasteiger partial charge in [0, 0.05) is 52.0 Å². The molecule has 2 fully saturated rings. The zero-order valence-corrected chi connectivity index (χ0v) is 16.3. The number of anilines is 1. The topological polar surface area (TPSA) is 51.7 Å². The molecule has 1 aromatic heterocycles. The predicted molar refractivity (Wildman–Crippen MR) is 105 cm³/mol. The van der Waals surface area contributed by atoms with Crippen LogP contribution in [0.15, 0.2) is 18.3 Å². The smallest absolute Gasteiger partial charge is 0.317 e. The number of urea groups is 1. The summed E-state index contributed by atoms with van der Waals surface area (Å²) in [6.07, 6.45) is 5.33. The second-order valence-electron chi connectivity index (χ2n) is 7.63. The average molecular weight is 360 g/mol. The van der Waals surface area contributed by atoms with Crippen LogP contribution in [0.2, 0.25) is 0 Å². The van der Waals surface area contributed by atoms with E-state index >= 15 is 0 Å². The lowest BCUT2D eigenvalue weighted by Crippen LogP contribution is -2.46. The molecular weight excluding hydrogens is 326 g/mol. The van der Waals surface area contributed by atoms with Gasteiger partial charge in [0.2, 0.25) is 0 Å². The highest BCUT2D eigenvalue weighted by molar-refractivity contribution is 5.74. The lowest BCUT2D eigenvalue weighted by atomic mass is 10.0. The first kappa shape index (κ1) is 19.0. The lowest BCUT2D eigenvalue weighted by Gasteiger charge is -2.34. The molecule has 6 heteroatoms. The SMILES string of the molecule is CCN1CCN(c2ccc(CNC(=O)N3CCCC(C)CC3)cn2)CC1. The Morgan fingerprint density at radius 3 is 2.65 bits per heavy atom. The lowest BCUT2D eigenvalue weighted by molar-refractivity contribution is 0.199. The summed E-state index contributed by atoms with van der Waals surface area (Å²) in [6.45, 7) is 12.2. The van der Waals surface area contributed by atoms with Gasteiger partial charge in [-0.25, -0.2) is 9.78 Å². The molecule has 144 valence electrons. The molecule has 0 bridgehead atoms. The third-order valence-electron chi connectivity index (χ3n) is 5.70. The van der Waals surface area contributed by atoms with Gasteiger partial charge in [0.25, 0.3) is 0 Å². The van der Waals surface area contributed by atoms with Gasteiger partial charge in [0.1, 0.15) is 5.82 Å². The molecule has 1 atom stereocenters. The molecule has 3 rings (SSSR count). The molecule has 2 aliphatic heterocycles. The Labute approximate surface area is 157 Å². The highest BCUT2D eigenvalue weighted by atomic mass is 16.2. The molecule has 2 amide bonds. The Balaban J connectivity index is 1.46. The molecule has 1 N–H and O–H groups in total. The Morgan fingerprint density at radius 1 is 1.15 bits per heavy atom. The Morgan fingerprint density at radius 2 is 1.96 bits per heavy atom. The van der Waals surface area contributed by atoms with Crippen LogP contribution in [0.4, 0.5) is 10.6 Å². The van der Waals surface area contributed by atoms with Crippen LogP contribution < -0.4 is 10.2 Å². The van der Waals surface area contributed by atoms with Gasteiger partial charge in [-0.15, -0.1) is 0 Å². The van der Waals surface area contributed by atoms with E-state index in [4.69, 9.17) is 0 Å². The number of carbonyl (C=O) groups excluding carboxylic acids is 1. The fourth-order valence-electron chi connectivity index (χ4n) is 3.76. The number of nitrogens with one attached hydrogen (secondary N) is 1. The summed E-state index contributed by atoms with van der Waals surface area (Å²) in [5.74, 6) is 1.76. The van der Waals surface area contributed by atoms with Gasteiger partial charge in [-0.05, 0) is 43.4 Å². The van der Waals surface area contributed by atoms with Crippen molar-refractivity contribution in [2.24, 2.45) is 5.92 Å². The van der Waals surface area contributed by atoms with E-state index in [-0.39, 0.29) is 6.03 Å². The molecule has 0 spiro atoms. The summed E-state index contributed by atoms with van der Waals surface area (Å²) in [4.78, 5) is 23.8. The van der Waals surface area contributed by atoms with E-state index in [9.17, 15) is 4.79 Å². The van der Waals surface area contributed by atoms with Crippen LogP contribution in [0, 0.1) is 5.92 Å². The quantitative estimate of drug-likeness (QED) is 0.898. The normalized spacial score (nSPS) is 22.2. The molecule has 2 saturated heterocycles. The first-order chi connectivity index (χ1) is 12.7. The van der Waals surface area contributed by atoms with Crippen molar-refractivity contribution in [1.29, 1.82) is 0 Å². The van der Waals surface area contributed by atoms with Crippen molar-refractivity contribution in [2.75, 3.05) is 50.7 Å². The summed E-state index contributed by atoms with van der Waals surface area (Å²) in [5.41, 5.74) is 1.05. The van der Waals surface area contributed by atoms with Crippen LogP contribution in [-0.2, 0) is 6.54 Å². The van der Waals surface area contributed by atoms with Crippen LogP contribution in [-0.4, -0.2) is 66.6 Å². The molecule has 1 unspecified atom stereocenters. The Kier molecular flexibility index (Phi) is 6.72. The van der Waals surface area contributed by atoms with E-state index in [1.807, 2.05) is 11.1 Å². The fourth-order valence-corrected chi connectivity index (χ4v) is 3.76. The third-order valence-corrected chi connectivity index (χ3v) is 5.70. The summed E-state index contributed by atoms with van der Waals surface area (Å²) in [5, 5.41) is 3.05. The van der Waals surface area contributed by atoms with Gasteiger partial charge >= 0.3 is 6.03 Å². The number of hydrogen-bond acceptors (Lipinski definition) is 4. The highest BCUT2D eigenvalue weighted by Gasteiger charge is 2.19. The van der Waals surface area contributed by atoms with E-state index in [0.717, 1.165) is 76.0 Å². The summed E-state index contributed by atoms with van der Waals surface area (Å²) >= 11 is 0. The minimum Gasteiger partial charge on any atom is -0.354 e. The maximum atomic E-state index is 12.4. The molecule has 0 saturated carbocycles. The number of rotatable bonds is 4. The maximum Gasteiger partial charge on any atom is 0.317 e. The number of carbonyl (C=O) groups is 1. The van der Waals surface area contributed by atoms with E-state index in [1.54, 1.807) is 0 Å². The Bertz CT molecular complexity index is 568. The summed E-state index contributed by atoms with van der Waals surface area (Å²) in [6, 6.07) is 4.22. The minimum atomic E-state index is 0.0545. The number of amides is 2. The number of aromatic nitrogens is 1. The second-order valence-corrected chi connectivity index (χ2v) is 7.63. The maximum absolute atomic E-state index is 12.4. The van der Waals surface area contributed by atoms with Crippen LogP contribution in [0.1, 0.15) is 38.7 Å². The molecule has 3 heterocycles. The van der Waals surface area contributed by atoms with Gasteiger partial charge in [-0.2, -0.15) is 0 Å². The minimum absolute atomic E-state index is 0.0545. The number of piperazine rings is 1. The number of likely N-dealkylation sites (N-methyl/N-ethyl adjacent to an activating group) is 1. The van der Waals surface area contributed by atoms with E-state index in [2.05, 4.69) is 46.1 Å². The molecule has 0 aromatic carbocycles. The van der Waals surface area contributed by atoms with Gasteiger partial charge < -0.3 is 20.0 Å². The van der Waals surface area contributed by atoms with Crippen molar-refractivity contribution in [2.45, 2.75) is 39.7 Å². The number of nitrogens with zero attached hydrogens (tertiary/aromatic N) is 4. The van der Waals surface area contributed by atoms with Crippen LogP contribution in [0.3, 0.4) is 0 Å². The summed E-state index contributed by atoms with van der Waals surface area (Å²) < 4.78 is 0. The van der Waals surface area contributed by atoms with Crippen LogP contribution in [0.25, 0.3) is 0 Å². The van der Waals surface area contributed by atoms with Crippen LogP contribution >= 0.6 is 0 Å². The van der Waals surface area contributed by atoms with Gasteiger partial charge in [-0.3, -0.25) is 0 Å². The molecule has 6 nitrogen and oxygen atoms in total. The summed E-state index contributed by atoms with van der Waals surface area (Å²) in [7, 11) is 0. The average Bonchev–Trinajstić information content (AvgIpc) is 2.91.